The highest BCUT2D eigenvalue weighted by Crippen LogP contribution is 2.38. The van der Waals surface area contributed by atoms with E-state index in [9.17, 15) is 9.59 Å². The van der Waals surface area contributed by atoms with Crippen molar-refractivity contribution >= 4 is 58.4 Å². The van der Waals surface area contributed by atoms with Crippen molar-refractivity contribution in [2.75, 3.05) is 13.2 Å². The minimum Gasteiger partial charge on any atom is -0.490 e. The molecule has 0 unspecified atom stereocenters. The maximum absolute atomic E-state index is 12.7. The van der Waals surface area contributed by atoms with E-state index in [1.54, 1.807) is 24.3 Å². The lowest BCUT2D eigenvalue weighted by Crippen LogP contribution is -2.53. The molecule has 2 aromatic rings. The quantitative estimate of drug-likeness (QED) is 0.249. The third-order valence-electron chi connectivity index (χ3n) is 4.44. The SMILES string of the molecule is C=CCN1C(=O)/C(=C/c2cc(Cl)c(OCc3ccc(Cl)cc3)c(OCC)c2)C(=O)NC1=S. The molecule has 0 aliphatic carbocycles. The molecule has 9 heteroatoms. The fourth-order valence-electron chi connectivity index (χ4n) is 2.97. The van der Waals surface area contributed by atoms with Crippen molar-refractivity contribution < 1.29 is 19.1 Å². The fourth-order valence-corrected chi connectivity index (χ4v) is 3.62. The molecule has 1 aliphatic heterocycles. The van der Waals surface area contributed by atoms with Gasteiger partial charge in [0.15, 0.2) is 16.6 Å². The van der Waals surface area contributed by atoms with Gasteiger partial charge in [-0.2, -0.15) is 0 Å². The highest BCUT2D eigenvalue weighted by atomic mass is 35.5. The lowest BCUT2D eigenvalue weighted by molar-refractivity contribution is -0.128. The van der Waals surface area contributed by atoms with Crippen molar-refractivity contribution in [3.63, 3.8) is 0 Å². The van der Waals surface area contributed by atoms with Crippen LogP contribution in [-0.2, 0) is 16.2 Å². The molecular weight excluding hydrogens is 471 g/mol. The van der Waals surface area contributed by atoms with E-state index in [0.717, 1.165) is 5.56 Å². The highest BCUT2D eigenvalue weighted by molar-refractivity contribution is 7.80. The number of hydrogen-bond acceptors (Lipinski definition) is 5. The van der Waals surface area contributed by atoms with Crippen molar-refractivity contribution in [1.82, 2.24) is 10.2 Å². The van der Waals surface area contributed by atoms with Crippen LogP contribution in [0.15, 0.2) is 54.6 Å². The second-order valence-corrected chi connectivity index (χ2v) is 7.93. The Bertz CT molecular complexity index is 1100. The van der Waals surface area contributed by atoms with Crippen LogP contribution >= 0.6 is 35.4 Å². The second-order valence-electron chi connectivity index (χ2n) is 6.70. The third kappa shape index (κ3) is 5.48. The molecule has 1 N–H and O–H groups in total. The van der Waals surface area contributed by atoms with Crippen molar-refractivity contribution in [2.24, 2.45) is 0 Å². The molecule has 1 fully saturated rings. The number of hydrogen-bond donors (Lipinski definition) is 1. The molecule has 0 spiro atoms. The van der Waals surface area contributed by atoms with E-state index in [2.05, 4.69) is 11.9 Å². The number of carbonyl (C=O) groups excluding carboxylic acids is 2. The summed E-state index contributed by atoms with van der Waals surface area (Å²) in [7, 11) is 0. The van der Waals surface area contributed by atoms with Gasteiger partial charge in [0.05, 0.1) is 11.6 Å². The molecule has 0 saturated carbocycles. The zero-order valence-electron chi connectivity index (χ0n) is 17.2. The normalized spacial score (nSPS) is 15.0. The minimum atomic E-state index is -0.586. The molecule has 0 aromatic heterocycles. The van der Waals surface area contributed by atoms with Gasteiger partial charge >= 0.3 is 0 Å². The van der Waals surface area contributed by atoms with Crippen LogP contribution < -0.4 is 14.8 Å². The van der Waals surface area contributed by atoms with Gasteiger partial charge in [-0.1, -0.05) is 41.4 Å². The fraction of sp³-hybridized carbons (Fsp3) is 0.174. The van der Waals surface area contributed by atoms with Crippen LogP contribution in [0.4, 0.5) is 0 Å². The van der Waals surface area contributed by atoms with Crippen LogP contribution in [0.3, 0.4) is 0 Å². The molecule has 32 heavy (non-hydrogen) atoms. The zero-order chi connectivity index (χ0) is 23.3. The first-order valence-electron chi connectivity index (χ1n) is 9.67. The summed E-state index contributed by atoms with van der Waals surface area (Å²) < 4.78 is 11.6. The van der Waals surface area contributed by atoms with Crippen LogP contribution in [0.1, 0.15) is 18.1 Å². The zero-order valence-corrected chi connectivity index (χ0v) is 19.5. The summed E-state index contributed by atoms with van der Waals surface area (Å²) in [6, 6.07) is 10.5. The first kappa shape index (κ1) is 23.8. The summed E-state index contributed by atoms with van der Waals surface area (Å²) in [6.45, 7) is 6.24. The van der Waals surface area contributed by atoms with Crippen molar-refractivity contribution in [1.29, 1.82) is 0 Å². The number of carbonyl (C=O) groups is 2. The lowest BCUT2D eigenvalue weighted by Gasteiger charge is -2.27. The number of benzene rings is 2. The third-order valence-corrected chi connectivity index (χ3v) is 5.29. The number of thiocarbonyl (C=S) groups is 1. The Morgan fingerprint density at radius 3 is 2.53 bits per heavy atom. The van der Waals surface area contributed by atoms with E-state index in [1.807, 2.05) is 19.1 Å². The summed E-state index contributed by atoms with van der Waals surface area (Å²) >= 11 is 17.5. The van der Waals surface area contributed by atoms with E-state index in [-0.39, 0.29) is 28.9 Å². The summed E-state index contributed by atoms with van der Waals surface area (Å²) in [5.74, 6) is -0.351. The van der Waals surface area contributed by atoms with E-state index >= 15 is 0 Å². The lowest BCUT2D eigenvalue weighted by atomic mass is 10.1. The van der Waals surface area contributed by atoms with Gasteiger partial charge in [0, 0.05) is 11.6 Å². The summed E-state index contributed by atoms with van der Waals surface area (Å²) in [6.07, 6.45) is 2.96. The Balaban J connectivity index is 1.91. The van der Waals surface area contributed by atoms with Gasteiger partial charge < -0.3 is 9.47 Å². The highest BCUT2D eigenvalue weighted by Gasteiger charge is 2.32. The van der Waals surface area contributed by atoms with E-state index < -0.39 is 11.8 Å². The maximum Gasteiger partial charge on any atom is 0.265 e. The number of amides is 2. The first-order chi connectivity index (χ1) is 15.3. The van der Waals surface area contributed by atoms with Gasteiger partial charge in [-0.25, -0.2) is 0 Å². The predicted molar refractivity (Wildman–Crippen MR) is 129 cm³/mol. The largest absolute Gasteiger partial charge is 0.490 e. The van der Waals surface area contributed by atoms with Crippen LogP contribution in [0.2, 0.25) is 10.0 Å². The van der Waals surface area contributed by atoms with Crippen LogP contribution in [0, 0.1) is 0 Å². The molecule has 2 aromatic carbocycles. The summed E-state index contributed by atoms with van der Waals surface area (Å²) in [5.41, 5.74) is 1.33. The molecule has 1 aliphatic rings. The van der Waals surface area contributed by atoms with Crippen molar-refractivity contribution in [3.05, 3.63) is 75.8 Å². The van der Waals surface area contributed by atoms with Crippen molar-refractivity contribution in [2.45, 2.75) is 13.5 Å². The molecule has 6 nitrogen and oxygen atoms in total. The number of ether oxygens (including phenoxy) is 2. The Morgan fingerprint density at radius 2 is 1.88 bits per heavy atom. The Hall–Kier alpha value is -2.87. The Labute approximate surface area is 201 Å². The first-order valence-corrected chi connectivity index (χ1v) is 10.8. The van der Waals surface area contributed by atoms with Crippen molar-refractivity contribution in [3.8, 4) is 11.5 Å². The molecule has 166 valence electrons. The molecule has 0 bridgehead atoms. The molecule has 0 atom stereocenters. The van der Waals surface area contributed by atoms with Crippen LogP contribution in [0.5, 0.6) is 11.5 Å². The Kier molecular flexibility index (Phi) is 7.90. The second kappa shape index (κ2) is 10.6. The maximum atomic E-state index is 12.7. The standard InChI is InChI=1S/C23H20Cl2N2O4S/c1-3-9-27-22(29)17(21(28)26-23(27)32)10-15-11-18(25)20(19(12-15)30-4-2)31-13-14-5-7-16(24)8-6-14/h3,5-8,10-12H,1,4,9,13H2,2H3,(H,26,28,32)/b17-10+. The topological polar surface area (TPSA) is 67.9 Å². The number of halogens is 2. The molecule has 3 rings (SSSR count). The van der Waals surface area contributed by atoms with E-state index in [1.165, 1.54) is 17.1 Å². The van der Waals surface area contributed by atoms with Gasteiger partial charge in [0.25, 0.3) is 11.8 Å². The average Bonchev–Trinajstić information content (AvgIpc) is 2.75. The van der Waals surface area contributed by atoms with Gasteiger partial charge in [-0.3, -0.25) is 19.8 Å². The molecule has 1 heterocycles. The van der Waals surface area contributed by atoms with Gasteiger partial charge in [0.1, 0.15) is 12.2 Å². The molecular formula is C23H20Cl2N2O4S. The van der Waals surface area contributed by atoms with E-state index in [4.69, 9.17) is 44.9 Å². The Morgan fingerprint density at radius 1 is 1.16 bits per heavy atom. The number of rotatable bonds is 8. The summed E-state index contributed by atoms with van der Waals surface area (Å²) in [4.78, 5) is 26.4. The van der Waals surface area contributed by atoms with Gasteiger partial charge in [0.2, 0.25) is 0 Å². The van der Waals surface area contributed by atoms with Gasteiger partial charge in [-0.05, 0) is 60.6 Å². The van der Waals surface area contributed by atoms with Crippen LogP contribution in [0.25, 0.3) is 6.08 Å². The average molecular weight is 491 g/mol. The predicted octanol–water partition coefficient (Wildman–Crippen LogP) is 4.78. The van der Waals surface area contributed by atoms with Gasteiger partial charge in [-0.15, -0.1) is 6.58 Å². The summed E-state index contributed by atoms with van der Waals surface area (Å²) in [5, 5.41) is 3.45. The smallest absolute Gasteiger partial charge is 0.265 e. The van der Waals surface area contributed by atoms with E-state index in [0.29, 0.717) is 28.7 Å². The molecule has 2 amide bonds. The minimum absolute atomic E-state index is 0.0380. The van der Waals surface area contributed by atoms with Crippen LogP contribution in [-0.4, -0.2) is 35.0 Å². The molecule has 0 radical (unpaired) electrons. The monoisotopic (exact) mass is 490 g/mol. The molecule has 1 saturated heterocycles. The number of nitrogens with one attached hydrogen (secondary N) is 1. The number of nitrogens with zero attached hydrogens (tertiary/aromatic N) is 1.